The summed E-state index contributed by atoms with van der Waals surface area (Å²) in [6, 6.07) is 9.68. The summed E-state index contributed by atoms with van der Waals surface area (Å²) in [7, 11) is 0. The Balaban J connectivity index is 1.97. The van der Waals surface area contributed by atoms with E-state index in [1.165, 1.54) is 29.2 Å². The van der Waals surface area contributed by atoms with Gasteiger partial charge >= 0.3 is 0 Å². The van der Waals surface area contributed by atoms with E-state index in [2.05, 4.69) is 54.8 Å². The molecule has 0 aromatic heterocycles. The Morgan fingerprint density at radius 2 is 2.11 bits per heavy atom. The topological polar surface area (TPSA) is 29.3 Å². The molecule has 1 aromatic rings. The van der Waals surface area contributed by atoms with E-state index in [4.69, 9.17) is 5.73 Å². The molecule has 0 spiro atoms. The van der Waals surface area contributed by atoms with E-state index >= 15 is 0 Å². The standard InChI is InChI=1S/C15H24N2S/c1-12(9-16)15-5-3-14(4-6-15)10-17-7-8-18-11-13(17)2/h3-6,12-13H,7-11,16H2,1-2H3. The first-order chi connectivity index (χ1) is 8.70. The van der Waals surface area contributed by atoms with Gasteiger partial charge in [0.25, 0.3) is 0 Å². The van der Waals surface area contributed by atoms with Crippen LogP contribution in [-0.2, 0) is 6.54 Å². The molecule has 1 aliphatic heterocycles. The van der Waals surface area contributed by atoms with Crippen molar-refractivity contribution in [1.82, 2.24) is 4.90 Å². The second-order valence-corrected chi connectivity index (χ2v) is 6.42. The van der Waals surface area contributed by atoms with Crippen molar-refractivity contribution in [3.8, 4) is 0 Å². The minimum atomic E-state index is 0.462. The predicted molar refractivity (Wildman–Crippen MR) is 81.1 cm³/mol. The fraction of sp³-hybridized carbons (Fsp3) is 0.600. The van der Waals surface area contributed by atoms with Crippen molar-refractivity contribution in [2.24, 2.45) is 5.73 Å². The molecule has 2 N–H and O–H groups in total. The van der Waals surface area contributed by atoms with Crippen molar-refractivity contribution in [2.75, 3.05) is 24.6 Å². The van der Waals surface area contributed by atoms with Crippen LogP contribution in [0.25, 0.3) is 0 Å². The highest BCUT2D eigenvalue weighted by atomic mass is 32.2. The monoisotopic (exact) mass is 264 g/mol. The highest BCUT2D eigenvalue weighted by molar-refractivity contribution is 7.99. The quantitative estimate of drug-likeness (QED) is 0.906. The first-order valence-electron chi connectivity index (χ1n) is 6.81. The SMILES string of the molecule is CC(CN)c1ccc(CN2CCSCC2C)cc1. The second-order valence-electron chi connectivity index (χ2n) is 5.27. The zero-order valence-corrected chi connectivity index (χ0v) is 12.2. The van der Waals surface area contributed by atoms with Crippen LogP contribution in [0, 0.1) is 0 Å². The summed E-state index contributed by atoms with van der Waals surface area (Å²) in [5.74, 6) is 3.00. The lowest BCUT2D eigenvalue weighted by Gasteiger charge is -2.33. The third-order valence-electron chi connectivity index (χ3n) is 3.79. The molecule has 1 heterocycles. The number of rotatable bonds is 4. The molecule has 1 fully saturated rings. The lowest BCUT2D eigenvalue weighted by atomic mass is 10.00. The first-order valence-corrected chi connectivity index (χ1v) is 7.97. The number of hydrogen-bond acceptors (Lipinski definition) is 3. The lowest BCUT2D eigenvalue weighted by Crippen LogP contribution is -2.39. The summed E-state index contributed by atoms with van der Waals surface area (Å²) >= 11 is 2.07. The zero-order chi connectivity index (χ0) is 13.0. The van der Waals surface area contributed by atoms with Gasteiger partial charge in [-0.05, 0) is 30.5 Å². The molecule has 0 bridgehead atoms. The number of thioether (sulfide) groups is 1. The van der Waals surface area contributed by atoms with Crippen molar-refractivity contribution < 1.29 is 0 Å². The maximum Gasteiger partial charge on any atom is 0.0237 e. The van der Waals surface area contributed by atoms with Crippen LogP contribution in [0.5, 0.6) is 0 Å². The smallest absolute Gasteiger partial charge is 0.0237 e. The van der Waals surface area contributed by atoms with Crippen LogP contribution in [0.15, 0.2) is 24.3 Å². The van der Waals surface area contributed by atoms with Gasteiger partial charge in [-0.25, -0.2) is 0 Å². The van der Waals surface area contributed by atoms with Gasteiger partial charge in [-0.15, -0.1) is 0 Å². The summed E-state index contributed by atoms with van der Waals surface area (Å²) in [4.78, 5) is 2.58. The molecule has 2 rings (SSSR count). The van der Waals surface area contributed by atoms with Crippen LogP contribution in [0.1, 0.15) is 30.9 Å². The van der Waals surface area contributed by atoms with Gasteiger partial charge in [0.2, 0.25) is 0 Å². The van der Waals surface area contributed by atoms with Crippen molar-refractivity contribution >= 4 is 11.8 Å². The second kappa shape index (κ2) is 6.60. The van der Waals surface area contributed by atoms with Gasteiger partial charge in [0.1, 0.15) is 0 Å². The molecule has 1 saturated heterocycles. The summed E-state index contributed by atoms with van der Waals surface area (Å²) in [5.41, 5.74) is 8.47. The van der Waals surface area contributed by atoms with Gasteiger partial charge in [0.05, 0.1) is 0 Å². The van der Waals surface area contributed by atoms with Crippen molar-refractivity contribution in [3.05, 3.63) is 35.4 Å². The van der Waals surface area contributed by atoms with Gasteiger partial charge in [0, 0.05) is 30.6 Å². The van der Waals surface area contributed by atoms with Crippen LogP contribution in [0.2, 0.25) is 0 Å². The summed E-state index contributed by atoms with van der Waals surface area (Å²) in [6.07, 6.45) is 0. The molecule has 0 amide bonds. The van der Waals surface area contributed by atoms with Crippen LogP contribution in [-0.4, -0.2) is 35.5 Å². The van der Waals surface area contributed by atoms with Crippen molar-refractivity contribution in [1.29, 1.82) is 0 Å². The number of hydrogen-bond donors (Lipinski definition) is 1. The molecule has 2 unspecified atom stereocenters. The van der Waals surface area contributed by atoms with E-state index in [1.807, 2.05) is 0 Å². The Hall–Kier alpha value is -0.510. The van der Waals surface area contributed by atoms with Gasteiger partial charge in [-0.3, -0.25) is 4.90 Å². The molecule has 1 aromatic carbocycles. The van der Waals surface area contributed by atoms with Crippen LogP contribution in [0.3, 0.4) is 0 Å². The Bertz CT molecular complexity index is 363. The minimum absolute atomic E-state index is 0.462. The van der Waals surface area contributed by atoms with Gasteiger partial charge in [0.15, 0.2) is 0 Å². The molecular weight excluding hydrogens is 240 g/mol. The Morgan fingerprint density at radius 3 is 2.72 bits per heavy atom. The van der Waals surface area contributed by atoms with E-state index in [-0.39, 0.29) is 0 Å². The summed E-state index contributed by atoms with van der Waals surface area (Å²) in [6.45, 7) is 7.53. The molecular formula is C15H24N2S. The first kappa shape index (κ1) is 13.9. The molecule has 0 aliphatic carbocycles. The average molecular weight is 264 g/mol. The van der Waals surface area contributed by atoms with E-state index in [0.29, 0.717) is 12.0 Å². The number of benzene rings is 1. The van der Waals surface area contributed by atoms with Crippen LogP contribution < -0.4 is 5.73 Å². The van der Waals surface area contributed by atoms with E-state index in [0.717, 1.165) is 13.1 Å². The van der Waals surface area contributed by atoms with Crippen LogP contribution >= 0.6 is 11.8 Å². The third kappa shape index (κ3) is 3.50. The van der Waals surface area contributed by atoms with Gasteiger partial charge in [-0.2, -0.15) is 11.8 Å². The number of nitrogens with two attached hydrogens (primary N) is 1. The van der Waals surface area contributed by atoms with Crippen molar-refractivity contribution in [3.63, 3.8) is 0 Å². The highest BCUT2D eigenvalue weighted by Gasteiger charge is 2.18. The van der Waals surface area contributed by atoms with Gasteiger partial charge in [-0.1, -0.05) is 31.2 Å². The molecule has 2 atom stereocenters. The summed E-state index contributed by atoms with van der Waals surface area (Å²) < 4.78 is 0. The van der Waals surface area contributed by atoms with E-state index < -0.39 is 0 Å². The maximum atomic E-state index is 5.70. The largest absolute Gasteiger partial charge is 0.330 e. The zero-order valence-electron chi connectivity index (χ0n) is 11.4. The predicted octanol–water partition coefficient (Wildman–Crippen LogP) is 2.69. The molecule has 2 nitrogen and oxygen atoms in total. The molecule has 0 saturated carbocycles. The lowest BCUT2D eigenvalue weighted by molar-refractivity contribution is 0.224. The average Bonchev–Trinajstić information content (AvgIpc) is 2.41. The van der Waals surface area contributed by atoms with E-state index in [1.54, 1.807) is 0 Å². The Kier molecular flexibility index (Phi) is 5.10. The normalized spacial score (nSPS) is 22.9. The van der Waals surface area contributed by atoms with Crippen molar-refractivity contribution in [2.45, 2.75) is 32.4 Å². The minimum Gasteiger partial charge on any atom is -0.330 e. The molecule has 0 radical (unpaired) electrons. The fourth-order valence-corrected chi connectivity index (χ4v) is 3.40. The van der Waals surface area contributed by atoms with Gasteiger partial charge < -0.3 is 5.73 Å². The fourth-order valence-electron chi connectivity index (χ4n) is 2.32. The molecule has 1 aliphatic rings. The third-order valence-corrected chi connectivity index (χ3v) is 4.98. The molecule has 3 heteroatoms. The van der Waals surface area contributed by atoms with Crippen LogP contribution in [0.4, 0.5) is 0 Å². The molecule has 100 valence electrons. The highest BCUT2D eigenvalue weighted by Crippen LogP contribution is 2.20. The number of nitrogens with zero attached hydrogens (tertiary/aromatic N) is 1. The Labute approximate surface area is 115 Å². The molecule has 18 heavy (non-hydrogen) atoms. The summed E-state index contributed by atoms with van der Waals surface area (Å²) in [5, 5.41) is 0. The maximum absolute atomic E-state index is 5.70. The Morgan fingerprint density at radius 1 is 1.39 bits per heavy atom. The van der Waals surface area contributed by atoms with E-state index in [9.17, 15) is 0 Å².